The van der Waals surface area contributed by atoms with Gasteiger partial charge in [0.2, 0.25) is 5.95 Å². The Balaban J connectivity index is 2.00. The van der Waals surface area contributed by atoms with Gasteiger partial charge < -0.3 is 10.2 Å². The second kappa shape index (κ2) is 6.08. The van der Waals surface area contributed by atoms with Crippen molar-refractivity contribution in [2.45, 2.75) is 46.5 Å². The summed E-state index contributed by atoms with van der Waals surface area (Å²) in [5, 5.41) is 3.47. The standard InChI is InChI=1S/C16H28N4/c1-12(2)14-10-13(3)18-15(19-14)17-11-16(4)6-8-20(5)9-7-16/h10,12H,6-9,11H2,1-5H3,(H,17,18,19). The lowest BCUT2D eigenvalue weighted by atomic mass is 9.80. The van der Waals surface area contributed by atoms with Crippen molar-refractivity contribution in [3.63, 3.8) is 0 Å². The van der Waals surface area contributed by atoms with Crippen LogP contribution in [0.5, 0.6) is 0 Å². The summed E-state index contributed by atoms with van der Waals surface area (Å²) >= 11 is 0. The molecular weight excluding hydrogens is 248 g/mol. The highest BCUT2D eigenvalue weighted by Gasteiger charge is 2.28. The fraction of sp³-hybridized carbons (Fsp3) is 0.750. The van der Waals surface area contributed by atoms with Crippen molar-refractivity contribution in [1.29, 1.82) is 0 Å². The Morgan fingerprint density at radius 2 is 1.95 bits per heavy atom. The van der Waals surface area contributed by atoms with Crippen molar-refractivity contribution in [3.8, 4) is 0 Å². The minimum Gasteiger partial charge on any atom is -0.354 e. The molecule has 0 unspecified atom stereocenters. The van der Waals surface area contributed by atoms with Crippen LogP contribution < -0.4 is 5.32 Å². The molecule has 1 fully saturated rings. The van der Waals surface area contributed by atoms with Gasteiger partial charge in [-0.1, -0.05) is 20.8 Å². The lowest BCUT2D eigenvalue weighted by molar-refractivity contribution is 0.150. The first kappa shape index (κ1) is 15.2. The Morgan fingerprint density at radius 3 is 2.55 bits per heavy atom. The molecule has 112 valence electrons. The number of aromatic nitrogens is 2. The smallest absolute Gasteiger partial charge is 0.223 e. The third-order valence-corrected chi connectivity index (χ3v) is 4.33. The van der Waals surface area contributed by atoms with Crippen LogP contribution in [0.25, 0.3) is 0 Å². The minimum absolute atomic E-state index is 0.359. The number of piperidine rings is 1. The molecule has 1 saturated heterocycles. The van der Waals surface area contributed by atoms with E-state index in [4.69, 9.17) is 0 Å². The Labute approximate surface area is 123 Å². The predicted molar refractivity (Wildman–Crippen MR) is 84.2 cm³/mol. The highest BCUT2D eigenvalue weighted by atomic mass is 15.1. The third kappa shape index (κ3) is 3.92. The summed E-state index contributed by atoms with van der Waals surface area (Å²) < 4.78 is 0. The van der Waals surface area contributed by atoms with Gasteiger partial charge in [0, 0.05) is 17.9 Å². The molecule has 4 heteroatoms. The molecule has 0 spiro atoms. The molecule has 0 amide bonds. The summed E-state index contributed by atoms with van der Waals surface area (Å²) in [6.45, 7) is 12.1. The maximum absolute atomic E-state index is 4.63. The van der Waals surface area contributed by atoms with Gasteiger partial charge in [-0.2, -0.15) is 0 Å². The summed E-state index contributed by atoms with van der Waals surface area (Å²) in [5.41, 5.74) is 2.52. The normalized spacial score (nSPS) is 19.3. The van der Waals surface area contributed by atoms with E-state index in [0.29, 0.717) is 11.3 Å². The lowest BCUT2D eigenvalue weighted by Gasteiger charge is -2.38. The maximum Gasteiger partial charge on any atom is 0.223 e. The molecule has 2 heterocycles. The van der Waals surface area contributed by atoms with Crippen molar-refractivity contribution in [1.82, 2.24) is 14.9 Å². The van der Waals surface area contributed by atoms with Gasteiger partial charge in [-0.05, 0) is 57.3 Å². The molecule has 1 aliphatic heterocycles. The van der Waals surface area contributed by atoms with Crippen LogP contribution in [0.15, 0.2) is 6.07 Å². The number of aryl methyl sites for hydroxylation is 1. The Kier molecular flexibility index (Phi) is 4.63. The number of anilines is 1. The molecular formula is C16H28N4. The van der Waals surface area contributed by atoms with Crippen LogP contribution in [0.3, 0.4) is 0 Å². The van der Waals surface area contributed by atoms with E-state index < -0.39 is 0 Å². The Bertz CT molecular complexity index is 448. The number of nitrogens with zero attached hydrogens (tertiary/aromatic N) is 3. The van der Waals surface area contributed by atoms with Crippen molar-refractivity contribution in [2.24, 2.45) is 5.41 Å². The molecule has 0 aliphatic carbocycles. The molecule has 0 saturated carbocycles. The van der Waals surface area contributed by atoms with E-state index in [9.17, 15) is 0 Å². The first-order valence-corrected chi connectivity index (χ1v) is 7.66. The zero-order chi connectivity index (χ0) is 14.8. The van der Waals surface area contributed by atoms with E-state index in [1.807, 2.05) is 6.92 Å². The fourth-order valence-electron chi connectivity index (χ4n) is 2.60. The summed E-state index contributed by atoms with van der Waals surface area (Å²) in [7, 11) is 2.20. The Hall–Kier alpha value is -1.16. The van der Waals surface area contributed by atoms with Crippen LogP contribution >= 0.6 is 0 Å². The van der Waals surface area contributed by atoms with Crippen LogP contribution in [-0.4, -0.2) is 41.5 Å². The summed E-state index contributed by atoms with van der Waals surface area (Å²) in [4.78, 5) is 11.5. The van der Waals surface area contributed by atoms with E-state index >= 15 is 0 Å². The van der Waals surface area contributed by atoms with Crippen molar-refractivity contribution in [2.75, 3.05) is 32.0 Å². The van der Waals surface area contributed by atoms with Crippen LogP contribution in [0.4, 0.5) is 5.95 Å². The second-order valence-corrected chi connectivity index (χ2v) is 6.88. The fourth-order valence-corrected chi connectivity index (χ4v) is 2.60. The topological polar surface area (TPSA) is 41.1 Å². The SMILES string of the molecule is Cc1cc(C(C)C)nc(NCC2(C)CCN(C)CC2)n1. The average Bonchev–Trinajstić information content (AvgIpc) is 2.40. The van der Waals surface area contributed by atoms with Gasteiger partial charge in [0.1, 0.15) is 0 Å². The molecule has 4 nitrogen and oxygen atoms in total. The van der Waals surface area contributed by atoms with E-state index in [2.05, 4.69) is 54.1 Å². The zero-order valence-corrected chi connectivity index (χ0v) is 13.5. The molecule has 0 bridgehead atoms. The largest absolute Gasteiger partial charge is 0.354 e. The van der Waals surface area contributed by atoms with Crippen molar-refractivity contribution in [3.05, 3.63) is 17.5 Å². The van der Waals surface area contributed by atoms with Crippen molar-refractivity contribution < 1.29 is 0 Å². The molecule has 1 aliphatic rings. The van der Waals surface area contributed by atoms with Gasteiger partial charge in [0.15, 0.2) is 0 Å². The molecule has 0 radical (unpaired) electrons. The van der Waals surface area contributed by atoms with Crippen LogP contribution in [0, 0.1) is 12.3 Å². The van der Waals surface area contributed by atoms with Crippen LogP contribution in [0.2, 0.25) is 0 Å². The van der Waals surface area contributed by atoms with Gasteiger partial charge in [0.25, 0.3) is 0 Å². The van der Waals surface area contributed by atoms with Gasteiger partial charge in [-0.3, -0.25) is 0 Å². The van der Waals surface area contributed by atoms with Gasteiger partial charge in [-0.15, -0.1) is 0 Å². The number of nitrogens with one attached hydrogen (secondary N) is 1. The van der Waals surface area contributed by atoms with E-state index in [1.165, 1.54) is 25.9 Å². The highest BCUT2D eigenvalue weighted by molar-refractivity contribution is 5.29. The number of likely N-dealkylation sites (tertiary alicyclic amines) is 1. The Morgan fingerprint density at radius 1 is 1.30 bits per heavy atom. The summed E-state index contributed by atoms with van der Waals surface area (Å²) in [6, 6.07) is 2.08. The number of rotatable bonds is 4. The third-order valence-electron chi connectivity index (χ3n) is 4.33. The molecule has 1 aromatic heterocycles. The average molecular weight is 276 g/mol. The molecule has 0 atom stereocenters. The zero-order valence-electron chi connectivity index (χ0n) is 13.5. The highest BCUT2D eigenvalue weighted by Crippen LogP contribution is 2.30. The van der Waals surface area contributed by atoms with Gasteiger partial charge >= 0.3 is 0 Å². The summed E-state index contributed by atoms with van der Waals surface area (Å²) in [6.07, 6.45) is 2.47. The first-order chi connectivity index (χ1) is 9.38. The number of hydrogen-bond donors (Lipinski definition) is 1. The molecule has 2 rings (SSSR count). The maximum atomic E-state index is 4.63. The molecule has 20 heavy (non-hydrogen) atoms. The molecule has 1 N–H and O–H groups in total. The lowest BCUT2D eigenvalue weighted by Crippen LogP contribution is -2.40. The summed E-state index contributed by atoms with van der Waals surface area (Å²) in [5.74, 6) is 1.23. The van der Waals surface area contributed by atoms with Gasteiger partial charge in [-0.25, -0.2) is 9.97 Å². The van der Waals surface area contributed by atoms with E-state index in [-0.39, 0.29) is 0 Å². The second-order valence-electron chi connectivity index (χ2n) is 6.88. The van der Waals surface area contributed by atoms with E-state index in [0.717, 1.165) is 23.9 Å². The van der Waals surface area contributed by atoms with Crippen molar-refractivity contribution >= 4 is 5.95 Å². The predicted octanol–water partition coefficient (Wildman–Crippen LogP) is 3.05. The monoisotopic (exact) mass is 276 g/mol. The molecule has 0 aromatic carbocycles. The first-order valence-electron chi connectivity index (χ1n) is 7.66. The minimum atomic E-state index is 0.359. The van der Waals surface area contributed by atoms with Gasteiger partial charge in [0.05, 0.1) is 0 Å². The quantitative estimate of drug-likeness (QED) is 0.917. The van der Waals surface area contributed by atoms with Crippen LogP contribution in [-0.2, 0) is 0 Å². The number of hydrogen-bond acceptors (Lipinski definition) is 4. The van der Waals surface area contributed by atoms with Crippen LogP contribution in [0.1, 0.15) is 50.9 Å². The van der Waals surface area contributed by atoms with E-state index in [1.54, 1.807) is 0 Å². The molecule has 1 aromatic rings.